The Hall–Kier alpha value is -3.35. The molecule has 7 heteroatoms. The van der Waals surface area contributed by atoms with Crippen molar-refractivity contribution in [2.45, 2.75) is 13.3 Å². The molecule has 0 aliphatic heterocycles. The lowest BCUT2D eigenvalue weighted by molar-refractivity contribution is -0.116. The smallest absolute Gasteiger partial charge is 0.251 e. The van der Waals surface area contributed by atoms with Crippen LogP contribution >= 0.6 is 0 Å². The Kier molecular flexibility index (Phi) is 6.73. The number of carbonyl (C=O) groups excluding carboxylic acids is 3. The first-order valence-corrected chi connectivity index (χ1v) is 8.27. The summed E-state index contributed by atoms with van der Waals surface area (Å²) in [5.74, 6) is -0.434. The van der Waals surface area contributed by atoms with Gasteiger partial charge in [-0.3, -0.25) is 14.4 Å². The second-order valence-electron chi connectivity index (χ2n) is 5.54. The van der Waals surface area contributed by atoms with E-state index in [1.54, 1.807) is 62.5 Å². The van der Waals surface area contributed by atoms with Crippen molar-refractivity contribution in [2.24, 2.45) is 0 Å². The van der Waals surface area contributed by atoms with Gasteiger partial charge in [0.15, 0.2) is 0 Å². The zero-order valence-electron chi connectivity index (χ0n) is 14.8. The van der Waals surface area contributed by atoms with Gasteiger partial charge in [-0.15, -0.1) is 0 Å². The summed E-state index contributed by atoms with van der Waals surface area (Å²) in [6.07, 6.45) is 0.421. The molecule has 0 fully saturated rings. The van der Waals surface area contributed by atoms with Gasteiger partial charge in [0.05, 0.1) is 6.54 Å². The maximum absolute atomic E-state index is 12.0. The molecule has 2 rings (SSSR count). The van der Waals surface area contributed by atoms with Crippen molar-refractivity contribution in [3.05, 3.63) is 54.1 Å². The molecule has 0 saturated heterocycles. The summed E-state index contributed by atoms with van der Waals surface area (Å²) in [5, 5.41) is 11.1. The summed E-state index contributed by atoms with van der Waals surface area (Å²) in [6, 6.07) is 13.8. The zero-order chi connectivity index (χ0) is 18.9. The molecule has 0 bridgehead atoms. The highest BCUT2D eigenvalue weighted by Crippen LogP contribution is 2.14. The van der Waals surface area contributed by atoms with E-state index in [-0.39, 0.29) is 24.3 Å². The molecule has 26 heavy (non-hydrogen) atoms. The molecule has 0 unspecified atom stereocenters. The number of hydrogen-bond acceptors (Lipinski definition) is 4. The minimum atomic E-state index is -0.207. The minimum Gasteiger partial charge on any atom is -0.376 e. The Bertz CT molecular complexity index is 770. The van der Waals surface area contributed by atoms with Gasteiger partial charge in [0.25, 0.3) is 5.91 Å². The first-order chi connectivity index (χ1) is 12.5. The van der Waals surface area contributed by atoms with Crippen molar-refractivity contribution in [1.29, 1.82) is 0 Å². The van der Waals surface area contributed by atoms with Gasteiger partial charge in [0, 0.05) is 36.1 Å². The fraction of sp³-hybridized carbons (Fsp3) is 0.211. The lowest BCUT2D eigenvalue weighted by atomic mass is 10.2. The van der Waals surface area contributed by atoms with E-state index in [4.69, 9.17) is 0 Å². The van der Waals surface area contributed by atoms with Crippen LogP contribution in [0.5, 0.6) is 0 Å². The maximum atomic E-state index is 12.0. The summed E-state index contributed by atoms with van der Waals surface area (Å²) in [4.78, 5) is 34.8. The van der Waals surface area contributed by atoms with Crippen molar-refractivity contribution in [1.82, 2.24) is 5.32 Å². The van der Waals surface area contributed by atoms with Crippen LogP contribution in [0.1, 0.15) is 23.7 Å². The number of carbonyl (C=O) groups is 3. The van der Waals surface area contributed by atoms with Crippen LogP contribution in [-0.4, -0.2) is 31.3 Å². The van der Waals surface area contributed by atoms with E-state index in [1.807, 2.05) is 0 Å². The molecule has 0 aromatic heterocycles. The molecule has 2 aromatic carbocycles. The van der Waals surface area contributed by atoms with Crippen LogP contribution < -0.4 is 21.3 Å². The van der Waals surface area contributed by atoms with Crippen LogP contribution in [0.2, 0.25) is 0 Å². The number of amides is 3. The van der Waals surface area contributed by atoms with Crippen molar-refractivity contribution >= 4 is 34.8 Å². The van der Waals surface area contributed by atoms with Crippen LogP contribution in [0.25, 0.3) is 0 Å². The topological polar surface area (TPSA) is 99.3 Å². The quantitative estimate of drug-likeness (QED) is 0.614. The predicted octanol–water partition coefficient (Wildman–Crippen LogP) is 2.45. The summed E-state index contributed by atoms with van der Waals surface area (Å²) < 4.78 is 0. The predicted molar refractivity (Wildman–Crippen MR) is 102 cm³/mol. The molecule has 0 aliphatic carbocycles. The van der Waals surface area contributed by atoms with Gasteiger partial charge >= 0.3 is 0 Å². The lowest BCUT2D eigenvalue weighted by Crippen LogP contribution is -2.22. The molecular formula is C19H22N4O3. The van der Waals surface area contributed by atoms with Crippen LogP contribution in [0, 0.1) is 0 Å². The number of anilines is 3. The van der Waals surface area contributed by atoms with Crippen molar-refractivity contribution in [2.75, 3.05) is 29.5 Å². The Balaban J connectivity index is 1.83. The van der Waals surface area contributed by atoms with E-state index in [9.17, 15) is 14.4 Å². The normalized spacial score (nSPS) is 9.92. The number of nitrogens with one attached hydrogen (secondary N) is 4. The Labute approximate surface area is 152 Å². The fourth-order valence-electron chi connectivity index (χ4n) is 2.16. The Morgan fingerprint density at radius 1 is 0.769 bits per heavy atom. The molecule has 7 nitrogen and oxygen atoms in total. The third kappa shape index (κ3) is 5.62. The lowest BCUT2D eigenvalue weighted by Gasteiger charge is -2.09. The number of rotatable bonds is 7. The third-order valence-corrected chi connectivity index (χ3v) is 3.60. The van der Waals surface area contributed by atoms with Crippen molar-refractivity contribution in [3.8, 4) is 0 Å². The largest absolute Gasteiger partial charge is 0.376 e. The van der Waals surface area contributed by atoms with Crippen LogP contribution in [0.4, 0.5) is 17.1 Å². The van der Waals surface area contributed by atoms with E-state index in [1.165, 1.54) is 0 Å². The van der Waals surface area contributed by atoms with Crippen molar-refractivity contribution < 1.29 is 14.4 Å². The van der Waals surface area contributed by atoms with Gasteiger partial charge in [-0.05, 0) is 48.5 Å². The van der Waals surface area contributed by atoms with E-state index in [2.05, 4.69) is 21.3 Å². The molecule has 0 aliphatic rings. The van der Waals surface area contributed by atoms with E-state index >= 15 is 0 Å². The first-order valence-electron chi connectivity index (χ1n) is 8.27. The summed E-state index contributed by atoms with van der Waals surface area (Å²) >= 11 is 0. The summed E-state index contributed by atoms with van der Waals surface area (Å²) in [7, 11) is 1.56. The van der Waals surface area contributed by atoms with Gasteiger partial charge in [0.2, 0.25) is 11.8 Å². The van der Waals surface area contributed by atoms with Crippen LogP contribution in [-0.2, 0) is 9.59 Å². The summed E-state index contributed by atoms with van der Waals surface area (Å²) in [5.41, 5.74) is 2.62. The minimum absolute atomic E-state index is 0.0486. The molecule has 0 saturated carbocycles. The highest BCUT2D eigenvalue weighted by Gasteiger charge is 2.05. The average Bonchev–Trinajstić information content (AvgIpc) is 2.67. The highest BCUT2D eigenvalue weighted by molar-refractivity contribution is 5.96. The fourth-order valence-corrected chi connectivity index (χ4v) is 2.16. The molecule has 3 amide bonds. The Morgan fingerprint density at radius 2 is 1.27 bits per heavy atom. The molecule has 136 valence electrons. The van der Waals surface area contributed by atoms with Gasteiger partial charge in [-0.2, -0.15) is 0 Å². The van der Waals surface area contributed by atoms with Gasteiger partial charge in [0.1, 0.15) is 0 Å². The van der Waals surface area contributed by atoms with Gasteiger partial charge in [-0.1, -0.05) is 6.92 Å². The monoisotopic (exact) mass is 354 g/mol. The number of benzene rings is 2. The standard InChI is InChI=1S/C19H22N4O3/c1-3-17(24)22-16-10-8-14(9-11-16)21-12-18(25)23-15-6-4-13(5-7-15)19(26)20-2/h4-11,21H,3,12H2,1-2H3,(H,20,26)(H,22,24)(H,23,25). The first kappa shape index (κ1) is 19.0. The molecule has 0 heterocycles. The van der Waals surface area contributed by atoms with Crippen LogP contribution in [0.15, 0.2) is 48.5 Å². The molecular weight excluding hydrogens is 332 g/mol. The SMILES string of the molecule is CCC(=O)Nc1ccc(NCC(=O)Nc2ccc(C(=O)NC)cc2)cc1. The molecule has 4 N–H and O–H groups in total. The molecule has 0 radical (unpaired) electrons. The Morgan fingerprint density at radius 3 is 1.81 bits per heavy atom. The van der Waals surface area contributed by atoms with Crippen LogP contribution in [0.3, 0.4) is 0 Å². The second-order valence-corrected chi connectivity index (χ2v) is 5.54. The summed E-state index contributed by atoms with van der Waals surface area (Å²) in [6.45, 7) is 1.88. The average molecular weight is 354 g/mol. The second kappa shape index (κ2) is 9.22. The zero-order valence-corrected chi connectivity index (χ0v) is 14.8. The van der Waals surface area contributed by atoms with Gasteiger partial charge in [-0.25, -0.2) is 0 Å². The molecule has 0 atom stereocenters. The van der Waals surface area contributed by atoms with E-state index in [0.717, 1.165) is 5.69 Å². The molecule has 2 aromatic rings. The maximum Gasteiger partial charge on any atom is 0.251 e. The number of hydrogen-bond donors (Lipinski definition) is 4. The van der Waals surface area contributed by atoms with E-state index in [0.29, 0.717) is 23.4 Å². The highest BCUT2D eigenvalue weighted by atomic mass is 16.2. The van der Waals surface area contributed by atoms with Gasteiger partial charge < -0.3 is 21.3 Å². The van der Waals surface area contributed by atoms with E-state index < -0.39 is 0 Å². The van der Waals surface area contributed by atoms with Crippen molar-refractivity contribution in [3.63, 3.8) is 0 Å². The molecule has 0 spiro atoms. The third-order valence-electron chi connectivity index (χ3n) is 3.60.